The zero-order chi connectivity index (χ0) is 19.9. The zero-order valence-electron chi connectivity index (χ0n) is 16.7. The molecule has 0 saturated heterocycles. The number of nitrogens with zero attached hydrogens (tertiary/aromatic N) is 2. The highest BCUT2D eigenvalue weighted by Crippen LogP contribution is 2.23. The van der Waals surface area contributed by atoms with Gasteiger partial charge in [-0.1, -0.05) is 49.7 Å². The summed E-state index contributed by atoms with van der Waals surface area (Å²) in [5.41, 5.74) is 4.50. The molecule has 0 atom stereocenters. The van der Waals surface area contributed by atoms with Gasteiger partial charge in [0.2, 0.25) is 0 Å². The monoisotopic (exact) mass is 377 g/mol. The first kappa shape index (κ1) is 19.7. The molecular formula is C23H27N3O2. The molecule has 5 nitrogen and oxygen atoms in total. The fraction of sp³-hybridized carbons (Fsp3) is 0.304. The number of amides is 1. The number of aromatic nitrogens is 2. The Hall–Kier alpha value is -3.08. The van der Waals surface area contributed by atoms with Gasteiger partial charge in [0.25, 0.3) is 5.91 Å². The standard InChI is InChI=1S/C23H27N3O2/c1-4-5-13-26(16-19-10-7-6-9-17(19)2)23(27)22-15-21(24-25-22)18-11-8-12-20(14-18)28-3/h6-12,14-15H,4-5,13,16H2,1-3H3,(H,24,25). The number of nitrogens with one attached hydrogen (secondary N) is 1. The van der Waals surface area contributed by atoms with Gasteiger partial charge in [-0.2, -0.15) is 5.10 Å². The number of carbonyl (C=O) groups is 1. The smallest absolute Gasteiger partial charge is 0.272 e. The maximum absolute atomic E-state index is 13.2. The van der Waals surface area contributed by atoms with Crippen LogP contribution in [0.25, 0.3) is 11.3 Å². The van der Waals surface area contributed by atoms with E-state index in [-0.39, 0.29) is 5.91 Å². The predicted octanol–water partition coefficient (Wildman–Crippen LogP) is 4.84. The van der Waals surface area contributed by atoms with Crippen molar-refractivity contribution in [1.29, 1.82) is 0 Å². The summed E-state index contributed by atoms with van der Waals surface area (Å²) in [6.07, 6.45) is 2.00. The van der Waals surface area contributed by atoms with Crippen molar-refractivity contribution in [3.63, 3.8) is 0 Å². The molecule has 0 fully saturated rings. The highest BCUT2D eigenvalue weighted by atomic mass is 16.5. The second-order valence-corrected chi connectivity index (χ2v) is 6.91. The Morgan fingerprint density at radius 2 is 1.96 bits per heavy atom. The number of hydrogen-bond acceptors (Lipinski definition) is 3. The lowest BCUT2D eigenvalue weighted by Gasteiger charge is -2.23. The van der Waals surface area contributed by atoms with Crippen molar-refractivity contribution in [3.8, 4) is 17.0 Å². The Kier molecular flexibility index (Phi) is 6.48. The quantitative estimate of drug-likeness (QED) is 0.611. The van der Waals surface area contributed by atoms with Crippen molar-refractivity contribution in [3.05, 3.63) is 71.4 Å². The minimum Gasteiger partial charge on any atom is -0.497 e. The molecule has 5 heteroatoms. The van der Waals surface area contributed by atoms with E-state index >= 15 is 0 Å². The van der Waals surface area contributed by atoms with E-state index in [1.54, 1.807) is 7.11 Å². The van der Waals surface area contributed by atoms with E-state index in [4.69, 9.17) is 4.74 Å². The summed E-state index contributed by atoms with van der Waals surface area (Å²) in [5, 5.41) is 7.26. The second-order valence-electron chi connectivity index (χ2n) is 6.91. The summed E-state index contributed by atoms with van der Waals surface area (Å²) in [6.45, 7) is 5.53. The Bertz CT molecular complexity index is 933. The summed E-state index contributed by atoms with van der Waals surface area (Å²) < 4.78 is 5.28. The topological polar surface area (TPSA) is 58.2 Å². The molecule has 0 aliphatic rings. The van der Waals surface area contributed by atoms with Gasteiger partial charge in [0.15, 0.2) is 0 Å². The van der Waals surface area contributed by atoms with Crippen molar-refractivity contribution >= 4 is 5.91 Å². The van der Waals surface area contributed by atoms with E-state index in [0.29, 0.717) is 12.2 Å². The Balaban J connectivity index is 1.82. The van der Waals surface area contributed by atoms with Crippen LogP contribution in [0.5, 0.6) is 5.75 Å². The van der Waals surface area contributed by atoms with Gasteiger partial charge in [-0.25, -0.2) is 0 Å². The maximum Gasteiger partial charge on any atom is 0.272 e. The van der Waals surface area contributed by atoms with Crippen LogP contribution in [0.2, 0.25) is 0 Å². The third kappa shape index (κ3) is 4.60. The van der Waals surface area contributed by atoms with Crippen molar-refractivity contribution in [2.45, 2.75) is 33.2 Å². The molecule has 0 spiro atoms. The highest BCUT2D eigenvalue weighted by molar-refractivity contribution is 5.93. The number of hydrogen-bond donors (Lipinski definition) is 1. The number of aryl methyl sites for hydroxylation is 1. The van der Waals surface area contributed by atoms with Crippen LogP contribution >= 0.6 is 0 Å². The molecule has 2 aromatic carbocycles. The summed E-state index contributed by atoms with van der Waals surface area (Å²) in [4.78, 5) is 15.1. The first-order valence-corrected chi connectivity index (χ1v) is 9.66. The molecule has 0 aliphatic carbocycles. The molecule has 3 aromatic rings. The fourth-order valence-corrected chi connectivity index (χ4v) is 3.13. The van der Waals surface area contributed by atoms with E-state index in [2.05, 4.69) is 36.2 Å². The average molecular weight is 377 g/mol. The first-order chi connectivity index (χ1) is 13.6. The second kappa shape index (κ2) is 9.22. The molecular weight excluding hydrogens is 350 g/mol. The van der Waals surface area contributed by atoms with Crippen LogP contribution in [0, 0.1) is 6.92 Å². The van der Waals surface area contributed by atoms with E-state index in [1.165, 1.54) is 11.1 Å². The van der Waals surface area contributed by atoms with Crippen molar-refractivity contribution in [2.24, 2.45) is 0 Å². The van der Waals surface area contributed by atoms with Crippen LogP contribution in [-0.2, 0) is 6.54 Å². The van der Waals surface area contributed by atoms with Crippen molar-refractivity contribution in [1.82, 2.24) is 15.1 Å². The molecule has 28 heavy (non-hydrogen) atoms. The van der Waals surface area contributed by atoms with E-state index in [1.807, 2.05) is 47.4 Å². The highest BCUT2D eigenvalue weighted by Gasteiger charge is 2.19. The van der Waals surface area contributed by atoms with Gasteiger partial charge in [0.1, 0.15) is 11.4 Å². The normalized spacial score (nSPS) is 10.7. The molecule has 0 aliphatic heterocycles. The Labute approximate surface area is 166 Å². The van der Waals surface area contributed by atoms with Gasteiger partial charge in [0.05, 0.1) is 12.8 Å². The molecule has 0 saturated carbocycles. The Morgan fingerprint density at radius 3 is 2.71 bits per heavy atom. The predicted molar refractivity (Wildman–Crippen MR) is 111 cm³/mol. The number of aromatic amines is 1. The van der Waals surface area contributed by atoms with E-state index < -0.39 is 0 Å². The lowest BCUT2D eigenvalue weighted by atomic mass is 10.1. The maximum atomic E-state index is 13.2. The molecule has 0 bridgehead atoms. The minimum absolute atomic E-state index is 0.0293. The van der Waals surface area contributed by atoms with Gasteiger partial charge >= 0.3 is 0 Å². The van der Waals surface area contributed by atoms with Crippen LogP contribution in [0.15, 0.2) is 54.6 Å². The summed E-state index contributed by atoms with van der Waals surface area (Å²) >= 11 is 0. The number of methoxy groups -OCH3 is 1. The number of unbranched alkanes of at least 4 members (excludes halogenated alkanes) is 1. The summed E-state index contributed by atoms with van der Waals surface area (Å²) in [7, 11) is 1.63. The zero-order valence-corrected chi connectivity index (χ0v) is 16.7. The lowest BCUT2D eigenvalue weighted by Crippen LogP contribution is -2.32. The van der Waals surface area contributed by atoms with E-state index in [0.717, 1.165) is 36.4 Å². The number of benzene rings is 2. The number of carbonyl (C=O) groups excluding carboxylic acids is 1. The van der Waals surface area contributed by atoms with Gasteiger partial charge in [0, 0.05) is 18.7 Å². The third-order valence-electron chi connectivity index (χ3n) is 4.87. The molecule has 0 unspecified atom stereocenters. The molecule has 0 radical (unpaired) electrons. The molecule has 1 aromatic heterocycles. The number of ether oxygens (including phenoxy) is 1. The van der Waals surface area contributed by atoms with Crippen LogP contribution in [0.3, 0.4) is 0 Å². The molecule has 3 rings (SSSR count). The SMILES string of the molecule is CCCCN(Cc1ccccc1C)C(=O)c1cc(-c2cccc(OC)c2)n[nH]1. The van der Waals surface area contributed by atoms with Gasteiger partial charge < -0.3 is 9.64 Å². The third-order valence-corrected chi connectivity index (χ3v) is 4.87. The van der Waals surface area contributed by atoms with Crippen molar-refractivity contribution < 1.29 is 9.53 Å². The molecule has 1 N–H and O–H groups in total. The van der Waals surface area contributed by atoms with Gasteiger partial charge in [-0.05, 0) is 42.7 Å². The molecule has 146 valence electrons. The first-order valence-electron chi connectivity index (χ1n) is 9.66. The van der Waals surface area contributed by atoms with Crippen LogP contribution in [0.4, 0.5) is 0 Å². The summed E-state index contributed by atoms with van der Waals surface area (Å²) in [5.74, 6) is 0.732. The van der Waals surface area contributed by atoms with Gasteiger partial charge in [-0.3, -0.25) is 9.89 Å². The molecule has 1 heterocycles. The van der Waals surface area contributed by atoms with Crippen LogP contribution in [-0.4, -0.2) is 34.7 Å². The number of H-pyrrole nitrogens is 1. The largest absolute Gasteiger partial charge is 0.497 e. The van der Waals surface area contributed by atoms with E-state index in [9.17, 15) is 4.79 Å². The van der Waals surface area contributed by atoms with Crippen LogP contribution < -0.4 is 4.74 Å². The Morgan fingerprint density at radius 1 is 1.14 bits per heavy atom. The average Bonchev–Trinajstić information content (AvgIpc) is 3.22. The van der Waals surface area contributed by atoms with Crippen LogP contribution in [0.1, 0.15) is 41.4 Å². The summed E-state index contributed by atoms with van der Waals surface area (Å²) in [6, 6.07) is 17.7. The lowest BCUT2D eigenvalue weighted by molar-refractivity contribution is 0.0734. The fourth-order valence-electron chi connectivity index (χ4n) is 3.13. The van der Waals surface area contributed by atoms with Crippen molar-refractivity contribution in [2.75, 3.05) is 13.7 Å². The van der Waals surface area contributed by atoms with Gasteiger partial charge in [-0.15, -0.1) is 0 Å². The molecule has 1 amide bonds. The number of rotatable bonds is 8. The minimum atomic E-state index is -0.0293.